The van der Waals surface area contributed by atoms with Gasteiger partial charge in [0.1, 0.15) is 12.2 Å². The molecule has 0 aromatic carbocycles. The Labute approximate surface area is 181 Å². The number of halogens is 1. The van der Waals surface area contributed by atoms with Crippen LogP contribution in [-0.2, 0) is 13.0 Å². The Bertz CT molecular complexity index is 512. The van der Waals surface area contributed by atoms with Crippen LogP contribution in [0.2, 0.25) is 0 Å². The van der Waals surface area contributed by atoms with Crippen LogP contribution in [0.25, 0.3) is 0 Å². The van der Waals surface area contributed by atoms with E-state index in [4.69, 9.17) is 4.99 Å². The average molecular weight is 491 g/mol. The first kappa shape index (κ1) is 24.1. The number of likely N-dealkylation sites (tertiary alicyclic amines) is 1. The van der Waals surface area contributed by atoms with Crippen molar-refractivity contribution in [1.82, 2.24) is 30.3 Å². The van der Waals surface area contributed by atoms with E-state index in [2.05, 4.69) is 44.1 Å². The summed E-state index contributed by atoms with van der Waals surface area (Å²) < 4.78 is 2.09. The lowest BCUT2D eigenvalue weighted by Gasteiger charge is -2.26. The van der Waals surface area contributed by atoms with Crippen molar-refractivity contribution < 1.29 is 0 Å². The molecule has 0 amide bonds. The van der Waals surface area contributed by atoms with Crippen molar-refractivity contribution in [2.75, 3.05) is 39.3 Å². The van der Waals surface area contributed by atoms with E-state index >= 15 is 0 Å². The standard InChI is InChI=1S/C19H37N7.HI/c1-3-18-24-23-17-26(18)16-12-22-19(20-4-2)21-11-7-5-8-13-25-14-9-6-10-15-25;/h17H,3-16H2,1-2H3,(H2,20,21,22);1H. The number of hydrogen-bond acceptors (Lipinski definition) is 4. The Morgan fingerprint density at radius 1 is 1.07 bits per heavy atom. The molecule has 0 radical (unpaired) electrons. The summed E-state index contributed by atoms with van der Waals surface area (Å²) in [7, 11) is 0. The van der Waals surface area contributed by atoms with Gasteiger partial charge in [-0.2, -0.15) is 0 Å². The Morgan fingerprint density at radius 3 is 2.63 bits per heavy atom. The maximum absolute atomic E-state index is 4.70. The van der Waals surface area contributed by atoms with Crippen LogP contribution in [0.4, 0.5) is 0 Å². The normalized spacial score (nSPS) is 15.4. The summed E-state index contributed by atoms with van der Waals surface area (Å²) in [5.41, 5.74) is 0. The van der Waals surface area contributed by atoms with E-state index in [9.17, 15) is 0 Å². The predicted octanol–water partition coefficient (Wildman–Crippen LogP) is 2.67. The molecule has 8 heteroatoms. The Kier molecular flexibility index (Phi) is 13.5. The zero-order chi connectivity index (χ0) is 18.5. The fourth-order valence-electron chi connectivity index (χ4n) is 3.37. The van der Waals surface area contributed by atoms with Crippen LogP contribution in [0, 0.1) is 0 Å². The number of rotatable bonds is 11. The molecule has 2 rings (SSSR count). The highest BCUT2D eigenvalue weighted by atomic mass is 127. The number of guanidine groups is 1. The van der Waals surface area contributed by atoms with E-state index in [-0.39, 0.29) is 24.0 Å². The van der Waals surface area contributed by atoms with Gasteiger partial charge in [0.25, 0.3) is 0 Å². The predicted molar refractivity (Wildman–Crippen MR) is 123 cm³/mol. The van der Waals surface area contributed by atoms with E-state index in [0.717, 1.165) is 50.8 Å². The van der Waals surface area contributed by atoms with Crippen LogP contribution in [0.3, 0.4) is 0 Å². The van der Waals surface area contributed by atoms with Crippen LogP contribution in [0.15, 0.2) is 11.3 Å². The van der Waals surface area contributed by atoms with E-state index in [1.54, 1.807) is 6.33 Å². The van der Waals surface area contributed by atoms with E-state index in [0.29, 0.717) is 0 Å². The molecule has 27 heavy (non-hydrogen) atoms. The summed E-state index contributed by atoms with van der Waals surface area (Å²) in [6, 6.07) is 0. The summed E-state index contributed by atoms with van der Waals surface area (Å²) >= 11 is 0. The first-order chi connectivity index (χ1) is 12.8. The monoisotopic (exact) mass is 491 g/mol. The maximum Gasteiger partial charge on any atom is 0.191 e. The summed E-state index contributed by atoms with van der Waals surface area (Å²) in [5.74, 6) is 1.94. The zero-order valence-corrected chi connectivity index (χ0v) is 19.5. The Balaban J connectivity index is 0.00000364. The van der Waals surface area contributed by atoms with Crippen LogP contribution in [-0.4, -0.2) is 64.9 Å². The van der Waals surface area contributed by atoms with Gasteiger partial charge in [-0.1, -0.05) is 19.8 Å². The topological polar surface area (TPSA) is 70.4 Å². The molecule has 2 N–H and O–H groups in total. The fourth-order valence-corrected chi connectivity index (χ4v) is 3.37. The summed E-state index contributed by atoms with van der Waals surface area (Å²) in [5, 5.41) is 14.8. The Hall–Kier alpha value is -0.900. The molecule has 1 aliphatic rings. The molecule has 1 fully saturated rings. The van der Waals surface area contributed by atoms with Crippen molar-refractivity contribution in [3.63, 3.8) is 0 Å². The molecule has 0 atom stereocenters. The van der Waals surface area contributed by atoms with Gasteiger partial charge in [-0.3, -0.25) is 4.99 Å². The van der Waals surface area contributed by atoms with Crippen LogP contribution in [0.5, 0.6) is 0 Å². The molecule has 0 aliphatic carbocycles. The highest BCUT2D eigenvalue weighted by Gasteiger charge is 2.08. The van der Waals surface area contributed by atoms with Crippen molar-refractivity contribution in [3.05, 3.63) is 12.2 Å². The second kappa shape index (κ2) is 15.1. The van der Waals surface area contributed by atoms with Crippen molar-refractivity contribution in [2.24, 2.45) is 4.99 Å². The number of piperidine rings is 1. The highest BCUT2D eigenvalue weighted by molar-refractivity contribution is 14.0. The van der Waals surface area contributed by atoms with Gasteiger partial charge in [-0.15, -0.1) is 34.2 Å². The van der Waals surface area contributed by atoms with Gasteiger partial charge >= 0.3 is 0 Å². The number of nitrogens with zero attached hydrogens (tertiary/aromatic N) is 5. The molecule has 1 aromatic rings. The number of aromatic nitrogens is 3. The third-order valence-electron chi connectivity index (χ3n) is 4.85. The van der Waals surface area contributed by atoms with Gasteiger partial charge in [0.2, 0.25) is 0 Å². The molecule has 1 aliphatic heterocycles. The number of unbranched alkanes of at least 4 members (excludes halogenated alkanes) is 2. The third kappa shape index (κ3) is 9.73. The number of nitrogens with one attached hydrogen (secondary N) is 2. The minimum absolute atomic E-state index is 0. The van der Waals surface area contributed by atoms with Crippen LogP contribution < -0.4 is 10.6 Å². The molecule has 0 bridgehead atoms. The second-order valence-electron chi connectivity index (χ2n) is 6.94. The smallest absolute Gasteiger partial charge is 0.191 e. The second-order valence-corrected chi connectivity index (χ2v) is 6.94. The Morgan fingerprint density at radius 2 is 1.89 bits per heavy atom. The molecular weight excluding hydrogens is 453 g/mol. The first-order valence-electron chi connectivity index (χ1n) is 10.4. The van der Waals surface area contributed by atoms with Crippen molar-refractivity contribution in [3.8, 4) is 0 Å². The van der Waals surface area contributed by atoms with Crippen molar-refractivity contribution >= 4 is 29.9 Å². The lowest BCUT2D eigenvalue weighted by atomic mass is 10.1. The first-order valence-corrected chi connectivity index (χ1v) is 10.4. The zero-order valence-electron chi connectivity index (χ0n) is 17.1. The van der Waals surface area contributed by atoms with Crippen molar-refractivity contribution in [2.45, 2.75) is 65.3 Å². The highest BCUT2D eigenvalue weighted by Crippen LogP contribution is 2.09. The molecule has 1 saturated heterocycles. The third-order valence-corrected chi connectivity index (χ3v) is 4.85. The lowest BCUT2D eigenvalue weighted by molar-refractivity contribution is 0.224. The van der Waals surface area contributed by atoms with E-state index in [1.807, 2.05) is 0 Å². The minimum atomic E-state index is 0. The van der Waals surface area contributed by atoms with Gasteiger partial charge in [0.05, 0.1) is 0 Å². The molecule has 1 aromatic heterocycles. The maximum atomic E-state index is 4.70. The van der Waals surface area contributed by atoms with E-state index in [1.165, 1.54) is 51.7 Å². The lowest BCUT2D eigenvalue weighted by Crippen LogP contribution is -2.39. The number of hydrogen-bond donors (Lipinski definition) is 2. The fraction of sp³-hybridized carbons (Fsp3) is 0.842. The summed E-state index contributed by atoms with van der Waals surface area (Å²) in [6.45, 7) is 11.5. The molecule has 156 valence electrons. The quantitative estimate of drug-likeness (QED) is 0.216. The molecule has 7 nitrogen and oxygen atoms in total. The molecule has 0 saturated carbocycles. The average Bonchev–Trinajstić information content (AvgIpc) is 3.13. The van der Waals surface area contributed by atoms with Crippen molar-refractivity contribution in [1.29, 1.82) is 0 Å². The largest absolute Gasteiger partial charge is 0.357 e. The molecule has 0 spiro atoms. The summed E-state index contributed by atoms with van der Waals surface area (Å²) in [6.07, 6.45) is 10.6. The summed E-state index contributed by atoms with van der Waals surface area (Å²) in [4.78, 5) is 7.32. The molecular formula is C19H38IN7. The van der Waals surface area contributed by atoms with Gasteiger partial charge < -0.3 is 20.1 Å². The number of aryl methyl sites for hydroxylation is 1. The minimum Gasteiger partial charge on any atom is -0.357 e. The van der Waals surface area contributed by atoms with Gasteiger partial charge in [0, 0.05) is 32.6 Å². The van der Waals surface area contributed by atoms with Gasteiger partial charge in [-0.25, -0.2) is 0 Å². The number of aliphatic imine (C=N–C) groups is 1. The molecule has 2 heterocycles. The van der Waals surface area contributed by atoms with Gasteiger partial charge in [-0.05, 0) is 52.2 Å². The van der Waals surface area contributed by atoms with Crippen LogP contribution in [0.1, 0.15) is 58.2 Å². The van der Waals surface area contributed by atoms with Crippen LogP contribution >= 0.6 is 24.0 Å². The van der Waals surface area contributed by atoms with Gasteiger partial charge in [0.15, 0.2) is 5.96 Å². The molecule has 0 unspecified atom stereocenters. The SMILES string of the molecule is CCNC(=NCCCCCN1CCCCC1)NCCn1cnnc1CC.I. The van der Waals surface area contributed by atoms with E-state index < -0.39 is 0 Å².